The third-order valence-electron chi connectivity index (χ3n) is 3.20. The van der Waals surface area contributed by atoms with Crippen LogP contribution in [0.15, 0.2) is 48.7 Å². The van der Waals surface area contributed by atoms with E-state index in [1.165, 1.54) is 18.2 Å². The van der Waals surface area contributed by atoms with E-state index in [1.54, 1.807) is 24.4 Å². The van der Waals surface area contributed by atoms with Gasteiger partial charge >= 0.3 is 0 Å². The molecule has 0 saturated heterocycles. The number of fused-ring (bicyclic) bond motifs is 1. The van der Waals surface area contributed by atoms with Crippen LogP contribution in [0.5, 0.6) is 0 Å². The lowest BCUT2D eigenvalue weighted by molar-refractivity contribution is 0.623. The van der Waals surface area contributed by atoms with Gasteiger partial charge in [0, 0.05) is 18.1 Å². The van der Waals surface area contributed by atoms with Crippen LogP contribution >= 0.6 is 0 Å². The minimum absolute atomic E-state index is 0.279. The van der Waals surface area contributed by atoms with Gasteiger partial charge in [0.25, 0.3) is 0 Å². The first-order valence-corrected chi connectivity index (χ1v) is 6.10. The molecule has 2 nitrogen and oxygen atoms in total. The Morgan fingerprint density at radius 1 is 1.10 bits per heavy atom. The first-order chi connectivity index (χ1) is 9.67. The zero-order valence-electron chi connectivity index (χ0n) is 10.5. The van der Waals surface area contributed by atoms with Gasteiger partial charge in [0.05, 0.1) is 17.1 Å². The molecule has 0 atom stereocenters. The van der Waals surface area contributed by atoms with Crippen molar-refractivity contribution in [2.24, 2.45) is 0 Å². The topological polar surface area (TPSA) is 28.7 Å². The van der Waals surface area contributed by atoms with Crippen molar-refractivity contribution in [3.63, 3.8) is 0 Å². The zero-order valence-corrected chi connectivity index (χ0v) is 10.5. The highest BCUT2D eigenvalue weighted by Gasteiger charge is 2.07. The largest absolute Gasteiger partial charge is 0.343 e. The van der Waals surface area contributed by atoms with Crippen LogP contribution in [0.2, 0.25) is 0 Å². The average Bonchev–Trinajstić information content (AvgIpc) is 2.83. The highest BCUT2D eigenvalue weighted by molar-refractivity contribution is 5.80. The number of nitrogens with zero attached hydrogens (tertiary/aromatic N) is 2. The Bertz CT molecular complexity index is 828. The molecular formula is C16H10F2N2. The molecular weight excluding hydrogens is 258 g/mol. The molecule has 2 aromatic carbocycles. The quantitative estimate of drug-likeness (QED) is 0.694. The van der Waals surface area contributed by atoms with Gasteiger partial charge in [-0.05, 0) is 42.0 Å². The second-order valence-electron chi connectivity index (χ2n) is 4.58. The Balaban J connectivity index is 2.04. The van der Waals surface area contributed by atoms with Gasteiger partial charge in [-0.2, -0.15) is 5.26 Å². The second-order valence-corrected chi connectivity index (χ2v) is 4.58. The molecule has 0 bridgehead atoms. The maximum atomic E-state index is 13.6. The average molecular weight is 268 g/mol. The first kappa shape index (κ1) is 12.4. The van der Waals surface area contributed by atoms with Crippen molar-refractivity contribution in [3.05, 3.63) is 71.4 Å². The molecule has 4 heteroatoms. The predicted octanol–water partition coefficient (Wildman–Crippen LogP) is 3.84. The molecule has 0 saturated carbocycles. The molecule has 3 aromatic rings. The van der Waals surface area contributed by atoms with E-state index in [9.17, 15) is 8.78 Å². The summed E-state index contributed by atoms with van der Waals surface area (Å²) in [4.78, 5) is 0. The Labute approximate surface area is 114 Å². The van der Waals surface area contributed by atoms with Gasteiger partial charge in [-0.25, -0.2) is 8.78 Å². The Morgan fingerprint density at radius 3 is 2.75 bits per heavy atom. The van der Waals surface area contributed by atoms with Crippen LogP contribution in [-0.2, 0) is 6.54 Å². The van der Waals surface area contributed by atoms with E-state index < -0.39 is 5.82 Å². The fraction of sp³-hybridized carbons (Fsp3) is 0.0625. The van der Waals surface area contributed by atoms with Crippen molar-refractivity contribution >= 4 is 10.9 Å². The number of benzene rings is 2. The molecule has 0 spiro atoms. The van der Waals surface area contributed by atoms with Gasteiger partial charge < -0.3 is 4.57 Å². The summed E-state index contributed by atoms with van der Waals surface area (Å²) in [5.74, 6) is -0.722. The van der Waals surface area contributed by atoms with Crippen LogP contribution in [0.3, 0.4) is 0 Å². The van der Waals surface area contributed by atoms with E-state index in [1.807, 2.05) is 16.7 Å². The van der Waals surface area contributed by atoms with Gasteiger partial charge in [-0.15, -0.1) is 0 Å². The van der Waals surface area contributed by atoms with E-state index in [-0.39, 0.29) is 11.4 Å². The molecule has 0 amide bonds. The number of nitriles is 1. The molecule has 0 aliphatic heterocycles. The van der Waals surface area contributed by atoms with Crippen LogP contribution < -0.4 is 0 Å². The van der Waals surface area contributed by atoms with Crippen molar-refractivity contribution in [2.45, 2.75) is 6.54 Å². The van der Waals surface area contributed by atoms with Crippen molar-refractivity contribution in [1.29, 1.82) is 5.26 Å². The summed E-state index contributed by atoms with van der Waals surface area (Å²) >= 11 is 0. The van der Waals surface area contributed by atoms with E-state index in [0.717, 1.165) is 5.52 Å². The third kappa shape index (κ3) is 2.14. The molecule has 1 aromatic heterocycles. The van der Waals surface area contributed by atoms with Crippen LogP contribution in [0.1, 0.15) is 11.1 Å². The summed E-state index contributed by atoms with van der Waals surface area (Å²) < 4.78 is 28.8. The molecule has 0 N–H and O–H groups in total. The molecule has 3 rings (SSSR count). The Kier molecular flexibility index (Phi) is 2.96. The molecule has 0 fully saturated rings. The minimum Gasteiger partial charge on any atom is -0.343 e. The van der Waals surface area contributed by atoms with E-state index in [4.69, 9.17) is 5.26 Å². The fourth-order valence-corrected chi connectivity index (χ4v) is 2.33. The number of hydrogen-bond acceptors (Lipinski definition) is 1. The Hall–Kier alpha value is -2.67. The molecule has 20 heavy (non-hydrogen) atoms. The summed E-state index contributed by atoms with van der Waals surface area (Å²) in [6.07, 6.45) is 1.75. The molecule has 0 unspecified atom stereocenters. The first-order valence-electron chi connectivity index (χ1n) is 6.10. The molecule has 98 valence electrons. The summed E-state index contributed by atoms with van der Waals surface area (Å²) in [5, 5.41) is 9.38. The highest BCUT2D eigenvalue weighted by atomic mass is 19.1. The van der Waals surface area contributed by atoms with Crippen LogP contribution in [-0.4, -0.2) is 4.57 Å². The lowest BCUT2D eigenvalue weighted by Gasteiger charge is -2.06. The van der Waals surface area contributed by atoms with E-state index >= 15 is 0 Å². The predicted molar refractivity (Wildman–Crippen MR) is 72.1 cm³/mol. The molecule has 0 aliphatic carbocycles. The van der Waals surface area contributed by atoms with Crippen molar-refractivity contribution in [2.75, 3.05) is 0 Å². The molecule has 0 aliphatic rings. The third-order valence-corrected chi connectivity index (χ3v) is 3.20. The zero-order chi connectivity index (χ0) is 14.1. The number of aromatic nitrogens is 1. The van der Waals surface area contributed by atoms with Crippen LogP contribution in [0.25, 0.3) is 10.9 Å². The van der Waals surface area contributed by atoms with Crippen molar-refractivity contribution in [3.8, 4) is 6.07 Å². The lowest BCUT2D eigenvalue weighted by atomic mass is 10.1. The molecule has 0 radical (unpaired) electrons. The minimum atomic E-state index is -0.443. The van der Waals surface area contributed by atoms with Gasteiger partial charge in [-0.1, -0.05) is 6.07 Å². The van der Waals surface area contributed by atoms with Gasteiger partial charge in [0.2, 0.25) is 0 Å². The van der Waals surface area contributed by atoms with Crippen LogP contribution in [0, 0.1) is 23.0 Å². The normalized spacial score (nSPS) is 10.7. The maximum Gasteiger partial charge on any atom is 0.132 e. The summed E-state index contributed by atoms with van der Waals surface area (Å²) in [5.41, 5.74) is 1.69. The number of hydrogen-bond donors (Lipinski definition) is 0. The van der Waals surface area contributed by atoms with Gasteiger partial charge in [0.1, 0.15) is 11.6 Å². The molecule has 1 heterocycles. The summed E-state index contributed by atoms with van der Waals surface area (Å²) in [7, 11) is 0. The van der Waals surface area contributed by atoms with E-state index in [2.05, 4.69) is 0 Å². The van der Waals surface area contributed by atoms with E-state index in [0.29, 0.717) is 17.5 Å². The number of rotatable bonds is 2. The lowest BCUT2D eigenvalue weighted by Crippen LogP contribution is -1.99. The highest BCUT2D eigenvalue weighted by Crippen LogP contribution is 2.20. The summed E-state index contributed by atoms with van der Waals surface area (Å²) in [6.45, 7) is 0.388. The fourth-order valence-electron chi connectivity index (χ4n) is 2.33. The van der Waals surface area contributed by atoms with Crippen LogP contribution in [0.4, 0.5) is 8.78 Å². The Morgan fingerprint density at radius 2 is 1.95 bits per heavy atom. The van der Waals surface area contributed by atoms with Crippen molar-refractivity contribution < 1.29 is 8.78 Å². The smallest absolute Gasteiger partial charge is 0.132 e. The SMILES string of the molecule is N#Cc1cc(F)cc(Cn2ccc3c(F)cccc32)c1. The van der Waals surface area contributed by atoms with Gasteiger partial charge in [0.15, 0.2) is 0 Å². The second kappa shape index (κ2) is 4.78. The van der Waals surface area contributed by atoms with Gasteiger partial charge in [-0.3, -0.25) is 0 Å². The van der Waals surface area contributed by atoms with Crippen molar-refractivity contribution in [1.82, 2.24) is 4.57 Å². The monoisotopic (exact) mass is 268 g/mol. The summed E-state index contributed by atoms with van der Waals surface area (Å²) in [6, 6.07) is 12.7. The maximum absolute atomic E-state index is 13.6. The number of halogens is 2. The standard InChI is InChI=1S/C16H10F2N2/c17-13-7-11(9-19)6-12(8-13)10-20-5-4-14-15(18)2-1-3-16(14)20/h1-8H,10H2.